The van der Waals surface area contributed by atoms with Crippen LogP contribution in [0.5, 0.6) is 0 Å². The van der Waals surface area contributed by atoms with Crippen molar-refractivity contribution in [1.82, 2.24) is 19.5 Å². The molecule has 0 aliphatic carbocycles. The van der Waals surface area contributed by atoms with Crippen LogP contribution < -0.4 is 0 Å². The minimum atomic E-state index is 0.611. The molecular formula is C57H36N4S. The molecule has 4 nitrogen and oxygen atoms in total. The molecule has 0 atom stereocenters. The predicted octanol–water partition coefficient (Wildman–Crippen LogP) is 15.3. The van der Waals surface area contributed by atoms with Crippen molar-refractivity contribution in [3.05, 3.63) is 218 Å². The average Bonchev–Trinajstić information content (AvgIpc) is 3.90. The lowest BCUT2D eigenvalue weighted by Crippen LogP contribution is -2.01. The van der Waals surface area contributed by atoms with Gasteiger partial charge in [-0.1, -0.05) is 170 Å². The topological polar surface area (TPSA) is 43.6 Å². The quantitative estimate of drug-likeness (QED) is 0.161. The number of thiophene rings is 1. The van der Waals surface area contributed by atoms with E-state index in [2.05, 4.69) is 211 Å². The van der Waals surface area contributed by atoms with Crippen LogP contribution in [0.2, 0.25) is 0 Å². The van der Waals surface area contributed by atoms with E-state index >= 15 is 0 Å². The van der Waals surface area contributed by atoms with E-state index in [1.54, 1.807) is 0 Å². The Morgan fingerprint density at radius 1 is 0.306 bits per heavy atom. The number of aromatic nitrogens is 4. The van der Waals surface area contributed by atoms with Gasteiger partial charge in [0, 0.05) is 53.3 Å². The largest absolute Gasteiger partial charge is 0.309 e. The lowest BCUT2D eigenvalue weighted by atomic mass is 9.98. The molecule has 5 heteroatoms. The minimum absolute atomic E-state index is 0.611. The molecule has 0 N–H and O–H groups in total. The maximum absolute atomic E-state index is 5.23. The molecule has 290 valence electrons. The average molecular weight is 809 g/mol. The Kier molecular flexibility index (Phi) is 8.65. The first-order valence-corrected chi connectivity index (χ1v) is 21.7. The molecule has 0 aliphatic rings. The molecule has 0 unspecified atom stereocenters. The normalized spacial score (nSPS) is 11.5. The first kappa shape index (κ1) is 35.9. The first-order valence-electron chi connectivity index (χ1n) is 20.8. The standard InChI is InChI=1S/C57H36N4S/c1-3-15-37(16-4-1)39-19-11-21-42(33-39)55-58-56(43-22-12-20-40(34-43)38-17-5-2-6-18-38)60-57(59-55)44-23-13-24-45(35-44)61-50-28-9-7-25-47(50)48-32-31-41(36-51(48)61)46-27-14-30-53-54(46)49-26-8-10-29-52(49)62-53/h1-36H. The molecule has 12 rings (SSSR count). The van der Waals surface area contributed by atoms with Gasteiger partial charge in [0.1, 0.15) is 0 Å². The van der Waals surface area contributed by atoms with E-state index in [4.69, 9.17) is 15.0 Å². The van der Waals surface area contributed by atoms with Crippen molar-refractivity contribution in [2.75, 3.05) is 0 Å². The molecule has 3 heterocycles. The Morgan fingerprint density at radius 2 is 0.806 bits per heavy atom. The number of hydrogen-bond acceptors (Lipinski definition) is 4. The number of hydrogen-bond donors (Lipinski definition) is 0. The minimum Gasteiger partial charge on any atom is -0.309 e. The maximum atomic E-state index is 5.23. The molecule has 0 spiro atoms. The van der Waals surface area contributed by atoms with E-state index in [9.17, 15) is 0 Å². The smallest absolute Gasteiger partial charge is 0.164 e. The summed E-state index contributed by atoms with van der Waals surface area (Å²) in [5.74, 6) is 1.85. The van der Waals surface area contributed by atoms with E-state index in [-0.39, 0.29) is 0 Å². The molecule has 12 aromatic rings. The molecule has 9 aromatic carbocycles. The van der Waals surface area contributed by atoms with Crippen molar-refractivity contribution in [3.63, 3.8) is 0 Å². The van der Waals surface area contributed by atoms with Crippen molar-refractivity contribution >= 4 is 53.3 Å². The van der Waals surface area contributed by atoms with E-state index < -0.39 is 0 Å². The van der Waals surface area contributed by atoms with Crippen molar-refractivity contribution in [1.29, 1.82) is 0 Å². The summed E-state index contributed by atoms with van der Waals surface area (Å²) >= 11 is 1.85. The van der Waals surface area contributed by atoms with Gasteiger partial charge in [0.2, 0.25) is 0 Å². The van der Waals surface area contributed by atoms with Gasteiger partial charge in [0.05, 0.1) is 11.0 Å². The molecule has 0 saturated carbocycles. The summed E-state index contributed by atoms with van der Waals surface area (Å²) in [6, 6.07) is 77.5. The Balaban J connectivity index is 1.03. The van der Waals surface area contributed by atoms with Gasteiger partial charge < -0.3 is 4.57 Å². The fraction of sp³-hybridized carbons (Fsp3) is 0. The Hall–Kier alpha value is -7.99. The number of fused-ring (bicyclic) bond motifs is 6. The zero-order chi connectivity index (χ0) is 41.0. The Bertz CT molecular complexity index is 3540. The van der Waals surface area contributed by atoms with Crippen molar-refractivity contribution in [3.8, 4) is 73.2 Å². The highest BCUT2D eigenvalue weighted by Crippen LogP contribution is 2.42. The van der Waals surface area contributed by atoms with Crippen molar-refractivity contribution < 1.29 is 0 Å². The second-order valence-electron chi connectivity index (χ2n) is 15.6. The highest BCUT2D eigenvalue weighted by Gasteiger charge is 2.18. The number of rotatable bonds is 7. The van der Waals surface area contributed by atoms with Gasteiger partial charge in [-0.25, -0.2) is 15.0 Å². The zero-order valence-corrected chi connectivity index (χ0v) is 34.3. The fourth-order valence-corrected chi connectivity index (χ4v) is 10.0. The molecule has 0 radical (unpaired) electrons. The van der Waals surface area contributed by atoms with Gasteiger partial charge in [0.25, 0.3) is 0 Å². The lowest BCUT2D eigenvalue weighted by molar-refractivity contribution is 1.07. The summed E-state index contributed by atoms with van der Waals surface area (Å²) < 4.78 is 4.99. The third-order valence-corrected chi connectivity index (χ3v) is 13.0. The van der Waals surface area contributed by atoms with Gasteiger partial charge in [-0.15, -0.1) is 11.3 Å². The van der Waals surface area contributed by atoms with E-state index in [1.807, 2.05) is 23.5 Å². The van der Waals surface area contributed by atoms with Gasteiger partial charge in [-0.05, 0) is 81.9 Å². The number of benzene rings is 9. The van der Waals surface area contributed by atoms with Crippen LogP contribution in [-0.4, -0.2) is 19.5 Å². The summed E-state index contributed by atoms with van der Waals surface area (Å²) in [5.41, 5.74) is 13.0. The summed E-state index contributed by atoms with van der Waals surface area (Å²) in [7, 11) is 0. The van der Waals surface area contributed by atoms with Crippen LogP contribution in [0.25, 0.3) is 115 Å². The molecule has 0 saturated heterocycles. The van der Waals surface area contributed by atoms with E-state index in [0.717, 1.165) is 55.7 Å². The van der Waals surface area contributed by atoms with Crippen LogP contribution in [0, 0.1) is 0 Å². The van der Waals surface area contributed by atoms with E-state index in [1.165, 1.54) is 42.1 Å². The van der Waals surface area contributed by atoms with Crippen molar-refractivity contribution in [2.24, 2.45) is 0 Å². The molecule has 3 aromatic heterocycles. The summed E-state index contributed by atoms with van der Waals surface area (Å²) in [5, 5.41) is 5.02. The van der Waals surface area contributed by atoms with Gasteiger partial charge >= 0.3 is 0 Å². The van der Waals surface area contributed by atoms with Crippen molar-refractivity contribution in [2.45, 2.75) is 0 Å². The second-order valence-corrected chi connectivity index (χ2v) is 16.7. The first-order chi connectivity index (χ1) is 30.7. The molecular weight excluding hydrogens is 773 g/mol. The molecule has 0 bridgehead atoms. The van der Waals surface area contributed by atoms with Crippen LogP contribution in [0.1, 0.15) is 0 Å². The van der Waals surface area contributed by atoms with Gasteiger partial charge in [-0.2, -0.15) is 0 Å². The third-order valence-electron chi connectivity index (χ3n) is 11.8. The predicted molar refractivity (Wildman–Crippen MR) is 260 cm³/mol. The van der Waals surface area contributed by atoms with Crippen LogP contribution in [-0.2, 0) is 0 Å². The summed E-state index contributed by atoms with van der Waals surface area (Å²) in [6.45, 7) is 0. The zero-order valence-electron chi connectivity index (χ0n) is 33.5. The van der Waals surface area contributed by atoms with Gasteiger partial charge in [-0.3, -0.25) is 0 Å². The number of nitrogens with zero attached hydrogens (tertiary/aromatic N) is 4. The molecule has 62 heavy (non-hydrogen) atoms. The monoisotopic (exact) mass is 808 g/mol. The maximum Gasteiger partial charge on any atom is 0.164 e. The van der Waals surface area contributed by atoms with Crippen LogP contribution in [0.3, 0.4) is 0 Å². The van der Waals surface area contributed by atoms with Gasteiger partial charge in [0.15, 0.2) is 17.5 Å². The molecule has 0 aliphatic heterocycles. The third kappa shape index (κ3) is 6.26. The second kappa shape index (κ2) is 14.9. The molecule has 0 fully saturated rings. The lowest BCUT2D eigenvalue weighted by Gasteiger charge is -2.13. The highest BCUT2D eigenvalue weighted by molar-refractivity contribution is 7.25. The van der Waals surface area contributed by atoms with E-state index in [0.29, 0.717) is 17.5 Å². The van der Waals surface area contributed by atoms with Crippen LogP contribution in [0.4, 0.5) is 0 Å². The molecule has 0 amide bonds. The summed E-state index contributed by atoms with van der Waals surface area (Å²) in [4.78, 5) is 15.6. The fourth-order valence-electron chi connectivity index (χ4n) is 8.92. The highest BCUT2D eigenvalue weighted by atomic mass is 32.1. The van der Waals surface area contributed by atoms with Crippen LogP contribution in [0.15, 0.2) is 218 Å². The summed E-state index contributed by atoms with van der Waals surface area (Å²) in [6.07, 6.45) is 0. The SMILES string of the molecule is c1ccc(-c2cccc(-c3nc(-c4cccc(-c5ccccc5)c4)nc(-c4cccc(-n5c6ccccc6c6ccc(-c7cccc8sc9ccccc9c78)cc65)c4)n3)c2)cc1. The number of para-hydroxylation sites is 1. The Morgan fingerprint density at radius 3 is 1.48 bits per heavy atom. The van der Waals surface area contributed by atoms with Crippen LogP contribution >= 0.6 is 11.3 Å². The Labute approximate surface area is 362 Å².